The summed E-state index contributed by atoms with van der Waals surface area (Å²) in [4.78, 5) is 2.85. The Morgan fingerprint density at radius 2 is 1.54 bits per heavy atom. The summed E-state index contributed by atoms with van der Waals surface area (Å²) in [5.41, 5.74) is 13.6. The first-order valence-corrected chi connectivity index (χ1v) is 9.85. The van der Waals surface area contributed by atoms with Crippen molar-refractivity contribution in [3.05, 3.63) is 78.0 Å². The minimum Gasteiger partial charge on any atom is -0.118 e. The average molecular weight is 470 g/mol. The second kappa shape index (κ2) is 7.92. The molecule has 124 valence electrons. The van der Waals surface area contributed by atoms with Crippen LogP contribution < -0.4 is 0 Å². The number of benzene rings is 2. The maximum Gasteiger partial charge on any atom is 0.0631 e. The van der Waals surface area contributed by atoms with Gasteiger partial charge in [-0.25, -0.2) is 0 Å². The lowest BCUT2D eigenvalue weighted by Crippen LogP contribution is -1.86. The van der Waals surface area contributed by atoms with Crippen LogP contribution in [0.3, 0.4) is 0 Å². The molecule has 2 aromatic rings. The Hall–Kier alpha value is -1.000. The van der Waals surface area contributed by atoms with Crippen LogP contribution in [0.4, 0.5) is 0 Å². The maximum absolute atomic E-state index is 8.36. The zero-order valence-corrected chi connectivity index (χ0v) is 16.9. The van der Waals surface area contributed by atoms with E-state index in [0.29, 0.717) is 0 Å². The monoisotopic (exact) mass is 467 g/mol. The van der Waals surface area contributed by atoms with Gasteiger partial charge in [0, 0.05) is 13.9 Å². The van der Waals surface area contributed by atoms with Gasteiger partial charge in [0.05, 0.1) is 11.4 Å². The normalized spacial score (nSPS) is 20.5. The molecule has 3 nitrogen and oxygen atoms in total. The summed E-state index contributed by atoms with van der Waals surface area (Å²) < 4.78 is 2.25. The molecule has 2 aliphatic rings. The molecule has 0 aliphatic heterocycles. The molecule has 0 N–H and O–H groups in total. The van der Waals surface area contributed by atoms with Crippen LogP contribution in [0.15, 0.2) is 50.5 Å². The molecule has 0 amide bonds. The van der Waals surface area contributed by atoms with Gasteiger partial charge in [-0.2, -0.15) is 0 Å². The SMILES string of the molecule is ClC1CCc2cc(Br)ccc21.[N-]=[N+]=NC1CCc2cc(Br)ccc21. The van der Waals surface area contributed by atoms with Crippen molar-refractivity contribution in [3.63, 3.8) is 0 Å². The number of hydrogen-bond donors (Lipinski definition) is 0. The van der Waals surface area contributed by atoms with Crippen LogP contribution in [0.5, 0.6) is 0 Å². The number of hydrogen-bond acceptors (Lipinski definition) is 1. The number of nitrogens with zero attached hydrogens (tertiary/aromatic N) is 3. The van der Waals surface area contributed by atoms with E-state index in [1.807, 2.05) is 12.1 Å². The summed E-state index contributed by atoms with van der Waals surface area (Å²) in [6, 6.07) is 12.5. The molecule has 2 aromatic carbocycles. The van der Waals surface area contributed by atoms with Gasteiger partial charge in [-0.15, -0.1) is 11.6 Å². The highest BCUT2D eigenvalue weighted by Crippen LogP contribution is 2.37. The molecule has 24 heavy (non-hydrogen) atoms. The zero-order chi connectivity index (χ0) is 17.1. The fraction of sp³-hybridized carbons (Fsp3) is 0.333. The molecule has 2 atom stereocenters. The van der Waals surface area contributed by atoms with E-state index in [-0.39, 0.29) is 11.4 Å². The zero-order valence-electron chi connectivity index (χ0n) is 12.9. The van der Waals surface area contributed by atoms with Gasteiger partial charge >= 0.3 is 0 Å². The molecule has 0 radical (unpaired) electrons. The molecule has 0 heterocycles. The summed E-state index contributed by atoms with van der Waals surface area (Å²) in [5, 5.41) is 4.01. The Balaban J connectivity index is 0.000000143. The van der Waals surface area contributed by atoms with E-state index in [2.05, 4.69) is 66.2 Å². The molecule has 6 heteroatoms. The lowest BCUT2D eigenvalue weighted by atomic mass is 10.1. The Kier molecular flexibility index (Phi) is 5.88. The summed E-state index contributed by atoms with van der Waals surface area (Å²) in [7, 11) is 0. The molecule has 0 aromatic heterocycles. The molecule has 0 bridgehead atoms. The van der Waals surface area contributed by atoms with E-state index < -0.39 is 0 Å². The number of aryl methyl sites for hydroxylation is 2. The highest BCUT2D eigenvalue weighted by Gasteiger charge is 2.21. The number of fused-ring (bicyclic) bond motifs is 2. The van der Waals surface area contributed by atoms with Crippen LogP contribution in [0.2, 0.25) is 0 Å². The van der Waals surface area contributed by atoms with Crippen molar-refractivity contribution < 1.29 is 0 Å². The van der Waals surface area contributed by atoms with Crippen molar-refractivity contribution >= 4 is 43.5 Å². The summed E-state index contributed by atoms with van der Waals surface area (Å²) >= 11 is 12.9. The third-order valence-corrected chi connectivity index (χ3v) is 5.89. The Bertz CT molecular complexity index is 803. The Labute approximate surface area is 163 Å². The average Bonchev–Trinajstić information content (AvgIpc) is 3.12. The largest absolute Gasteiger partial charge is 0.118 e. The van der Waals surface area contributed by atoms with Crippen LogP contribution in [0.1, 0.15) is 46.5 Å². The first-order valence-electron chi connectivity index (χ1n) is 7.83. The molecule has 0 saturated heterocycles. The van der Waals surface area contributed by atoms with E-state index in [9.17, 15) is 0 Å². The van der Waals surface area contributed by atoms with Gasteiger partial charge in [0.15, 0.2) is 0 Å². The summed E-state index contributed by atoms with van der Waals surface area (Å²) in [5.74, 6) is 0. The molecule has 4 rings (SSSR count). The van der Waals surface area contributed by atoms with E-state index >= 15 is 0 Å². The maximum atomic E-state index is 8.36. The smallest absolute Gasteiger partial charge is 0.0631 e. The van der Waals surface area contributed by atoms with Gasteiger partial charge in [-0.05, 0) is 77.7 Å². The third-order valence-electron chi connectivity index (χ3n) is 4.45. The van der Waals surface area contributed by atoms with Crippen molar-refractivity contribution in [1.82, 2.24) is 0 Å². The second-order valence-electron chi connectivity index (χ2n) is 5.95. The van der Waals surface area contributed by atoms with Gasteiger partial charge in [0.25, 0.3) is 0 Å². The predicted molar refractivity (Wildman–Crippen MR) is 105 cm³/mol. The topological polar surface area (TPSA) is 48.8 Å². The molecule has 2 aliphatic carbocycles. The highest BCUT2D eigenvalue weighted by atomic mass is 79.9. The number of rotatable bonds is 1. The number of alkyl halides is 1. The third kappa shape index (κ3) is 3.97. The molecular formula is C18H16Br2ClN3. The van der Waals surface area contributed by atoms with Crippen LogP contribution in [-0.2, 0) is 12.8 Å². The van der Waals surface area contributed by atoms with Crippen LogP contribution >= 0.6 is 43.5 Å². The van der Waals surface area contributed by atoms with Gasteiger partial charge in [-0.3, -0.25) is 0 Å². The van der Waals surface area contributed by atoms with Crippen LogP contribution in [0, 0.1) is 0 Å². The minimum absolute atomic E-state index is 0.0492. The van der Waals surface area contributed by atoms with Crippen molar-refractivity contribution in [3.8, 4) is 0 Å². The molecule has 0 saturated carbocycles. The molecular weight excluding hydrogens is 453 g/mol. The lowest BCUT2D eigenvalue weighted by Gasteiger charge is -2.03. The second-order valence-corrected chi connectivity index (χ2v) is 8.31. The van der Waals surface area contributed by atoms with E-state index in [1.54, 1.807) is 0 Å². The molecule has 0 fully saturated rings. The van der Waals surface area contributed by atoms with E-state index in [0.717, 1.165) is 34.6 Å². The fourth-order valence-electron chi connectivity index (χ4n) is 3.28. The Morgan fingerprint density at radius 3 is 2.21 bits per heavy atom. The quantitative estimate of drug-likeness (QED) is 0.181. The van der Waals surface area contributed by atoms with Crippen molar-refractivity contribution in [1.29, 1.82) is 0 Å². The van der Waals surface area contributed by atoms with Crippen LogP contribution in [-0.4, -0.2) is 0 Å². The number of halogens is 3. The summed E-state index contributed by atoms with van der Waals surface area (Å²) in [6.45, 7) is 0. The van der Waals surface area contributed by atoms with Crippen molar-refractivity contribution in [2.45, 2.75) is 37.1 Å². The van der Waals surface area contributed by atoms with Crippen molar-refractivity contribution in [2.24, 2.45) is 5.11 Å². The van der Waals surface area contributed by atoms with Gasteiger partial charge in [0.1, 0.15) is 0 Å². The minimum atomic E-state index is 0.0492. The highest BCUT2D eigenvalue weighted by molar-refractivity contribution is 9.10. The first-order chi connectivity index (χ1) is 11.6. The lowest BCUT2D eigenvalue weighted by molar-refractivity contribution is 0.707. The standard InChI is InChI=1S/C9H8BrCl.C9H8BrN3/c10-7-2-3-8-6(5-7)1-4-9(8)11;10-7-2-3-8-6(5-7)1-4-9(8)12-13-11/h2-3,5,9H,1,4H2;2-3,5,9H,1,4H2. The van der Waals surface area contributed by atoms with Gasteiger partial charge in [-0.1, -0.05) is 49.1 Å². The molecule has 0 spiro atoms. The Morgan fingerprint density at radius 1 is 0.958 bits per heavy atom. The summed E-state index contributed by atoms with van der Waals surface area (Å²) in [6.07, 6.45) is 4.17. The van der Waals surface area contributed by atoms with E-state index in [4.69, 9.17) is 17.1 Å². The first kappa shape index (κ1) is 17.8. The predicted octanol–water partition coefficient (Wildman–Crippen LogP) is 7.42. The van der Waals surface area contributed by atoms with Crippen molar-refractivity contribution in [2.75, 3.05) is 0 Å². The van der Waals surface area contributed by atoms with E-state index in [1.165, 1.54) is 22.3 Å². The number of azide groups is 1. The van der Waals surface area contributed by atoms with Gasteiger partial charge < -0.3 is 0 Å². The van der Waals surface area contributed by atoms with Crippen LogP contribution in [0.25, 0.3) is 10.4 Å². The molecule has 2 unspecified atom stereocenters. The fourth-order valence-corrected chi connectivity index (χ4v) is 4.42. The van der Waals surface area contributed by atoms with Gasteiger partial charge in [0.2, 0.25) is 0 Å².